The minimum Gasteiger partial charge on any atom is -0.394 e. The van der Waals surface area contributed by atoms with Gasteiger partial charge in [0.2, 0.25) is 5.91 Å². The second kappa shape index (κ2) is 44.6. The number of aliphatic hydroxyl groups excluding tert-OH is 34. The average Bonchev–Trinajstić information content (AvgIpc) is 0.768. The van der Waals surface area contributed by atoms with Crippen LogP contribution in [0.25, 0.3) is 0 Å². The Morgan fingerprint density at radius 3 is 0.768 bits per heavy atom. The minimum atomic E-state index is -2.68. The third kappa shape index (κ3) is 22.0. The SMILES string of the molecule is CC(=O)N[C@@H]1[C@@H](O)[C@H](O[C@@H]2O[C@H](CO[C@H]3O[C@H](CO[C@H]4O[C@H](CO)[C@@H](O)[C@H](O)[C@@H]4O[C@H]4O[C@H](CO)[C@@H](O)[C@H](O)[C@@H]4O)[C@@H](O)[C@H](O[C@H]4O[C@H](CO)[C@@H](O)[C@H](O)[C@@H]4O[C@H]4O[C@H](CO)[C@@H](O)[C@H](O)[C@@H]4O)[C@@H]3O)[C@@H](O)[C@H](O[C@H]3O[C@H](CO[C@H]4O[C@H](CO)[C@@H](O)[C@H](O)[C@@H]4O)[C@@H](O)[C@H](O)[C@@H]3O[C@H]3O[C@H](CO)[C@@H](O)[C@H](O)[C@@H]3O[C@H]3O[C@H](CO)[C@@H](O)[C@H](O)[C@@H]3O)[C@@H]2O)[C@@H](CO)O[C@H]1O. The Kier molecular flexibility index (Phi) is 36.7. The van der Waals surface area contributed by atoms with Crippen molar-refractivity contribution in [3.8, 4) is 0 Å². The van der Waals surface area contributed by atoms with Crippen molar-refractivity contribution in [2.24, 2.45) is 0 Å². The molecule has 0 spiro atoms. The van der Waals surface area contributed by atoms with Crippen molar-refractivity contribution < 1.29 is 278 Å². The fourth-order valence-electron chi connectivity index (χ4n) is 15.9. The monoisotopic (exact) mass is 1840 g/mol. The quantitative estimate of drug-likeness (QED) is 0.0297. The highest BCUT2D eigenvalue weighted by Crippen LogP contribution is 2.41. The Morgan fingerprint density at radius 1 is 0.208 bits per heavy atom. The molecule has 0 aromatic carbocycles. The molecule has 0 aromatic heterocycles. The zero-order valence-electron chi connectivity index (χ0n) is 65.7. The van der Waals surface area contributed by atoms with E-state index in [4.69, 9.17) is 99.5 Å². The van der Waals surface area contributed by atoms with E-state index in [9.17, 15) is 178 Å². The van der Waals surface area contributed by atoms with Crippen LogP contribution in [0, 0.1) is 0 Å². The molecule has 57 nitrogen and oxygen atoms in total. The summed E-state index contributed by atoms with van der Waals surface area (Å²) in [6.45, 7) is -11.7. The van der Waals surface area contributed by atoms with Gasteiger partial charge in [0.05, 0.1) is 72.7 Å². The highest BCUT2D eigenvalue weighted by Gasteiger charge is 2.62. The van der Waals surface area contributed by atoms with E-state index in [1.165, 1.54) is 0 Å². The first-order valence-electron chi connectivity index (χ1n) is 39.7. The highest BCUT2D eigenvalue weighted by atomic mass is 16.8. The van der Waals surface area contributed by atoms with Crippen molar-refractivity contribution in [1.29, 1.82) is 0 Å². The topological polar surface area (TPSA) is 911 Å². The van der Waals surface area contributed by atoms with Gasteiger partial charge in [0.25, 0.3) is 0 Å². The summed E-state index contributed by atoms with van der Waals surface area (Å²) in [4.78, 5) is 12.5. The van der Waals surface area contributed by atoms with Crippen LogP contribution in [-0.4, -0.2) is 590 Å². The van der Waals surface area contributed by atoms with Crippen LogP contribution in [0.15, 0.2) is 0 Å². The van der Waals surface area contributed by atoms with Crippen molar-refractivity contribution in [2.45, 2.75) is 345 Å². The molecule has 11 fully saturated rings. The Labute approximate surface area is 704 Å². The van der Waals surface area contributed by atoms with Gasteiger partial charge in [-0.25, -0.2) is 0 Å². The largest absolute Gasteiger partial charge is 0.394 e. The van der Waals surface area contributed by atoms with Crippen LogP contribution in [0.5, 0.6) is 0 Å². The number of rotatable bonds is 32. The van der Waals surface area contributed by atoms with Crippen LogP contribution in [0.4, 0.5) is 0 Å². The Hall–Kier alpha value is -2.73. The van der Waals surface area contributed by atoms with E-state index >= 15 is 0 Å². The molecule has 11 saturated heterocycles. The third-order valence-electron chi connectivity index (χ3n) is 23.4. The predicted octanol–water partition coefficient (Wildman–Crippen LogP) is -24.8. The summed E-state index contributed by atoms with van der Waals surface area (Å²) in [6, 6.07) is -1.87. The first-order valence-corrected chi connectivity index (χ1v) is 39.7. The van der Waals surface area contributed by atoms with Crippen molar-refractivity contribution in [3.05, 3.63) is 0 Å². The van der Waals surface area contributed by atoms with Crippen LogP contribution < -0.4 is 5.32 Å². The summed E-state index contributed by atoms with van der Waals surface area (Å²) >= 11 is 0. The molecule has 0 radical (unpaired) electrons. The molecule has 11 aliphatic rings. The van der Waals surface area contributed by atoms with Gasteiger partial charge in [-0.2, -0.15) is 0 Å². The van der Waals surface area contributed by atoms with Crippen LogP contribution in [-0.2, 0) is 104 Å². The summed E-state index contributed by atoms with van der Waals surface area (Å²) in [5, 5.41) is 379. The molecule has 0 bridgehead atoms. The van der Waals surface area contributed by atoms with Crippen molar-refractivity contribution in [1.82, 2.24) is 5.32 Å². The lowest BCUT2D eigenvalue weighted by atomic mass is 9.94. The molecule has 0 unspecified atom stereocenters. The summed E-state index contributed by atoms with van der Waals surface area (Å²) in [6.07, 6.45) is -120. The zero-order valence-corrected chi connectivity index (χ0v) is 65.7. The first-order chi connectivity index (χ1) is 59.2. The second-order valence-electron chi connectivity index (χ2n) is 31.7. The molecular formula is C68H115NO56. The van der Waals surface area contributed by atoms with E-state index in [2.05, 4.69) is 5.32 Å². The van der Waals surface area contributed by atoms with Gasteiger partial charge in [-0.15, -0.1) is 0 Å². The predicted molar refractivity (Wildman–Crippen MR) is 374 cm³/mol. The third-order valence-corrected chi connectivity index (χ3v) is 23.4. The Bertz CT molecular complexity index is 3250. The summed E-state index contributed by atoms with van der Waals surface area (Å²) in [5.41, 5.74) is 0. The van der Waals surface area contributed by atoms with Gasteiger partial charge in [0, 0.05) is 6.92 Å². The Morgan fingerprint density at radius 2 is 0.424 bits per heavy atom. The zero-order chi connectivity index (χ0) is 91.7. The van der Waals surface area contributed by atoms with Crippen molar-refractivity contribution in [2.75, 3.05) is 72.7 Å². The second-order valence-corrected chi connectivity index (χ2v) is 31.7. The maximum atomic E-state index is 12.8. The maximum absolute atomic E-state index is 12.8. The van der Waals surface area contributed by atoms with Gasteiger partial charge < -0.3 is 278 Å². The molecular weight excluding hydrogens is 1730 g/mol. The fraction of sp³-hybridized carbons (Fsp3) is 0.985. The number of nitrogens with one attached hydrogen (secondary N) is 1. The normalized spacial score (nSPS) is 52.7. The first kappa shape index (κ1) is 103. The number of hydrogen-bond acceptors (Lipinski definition) is 56. The van der Waals surface area contributed by atoms with E-state index in [0.717, 1.165) is 6.92 Å². The number of aliphatic hydroxyl groups is 34. The van der Waals surface area contributed by atoms with E-state index in [1.54, 1.807) is 0 Å². The molecule has 1 amide bonds. The van der Waals surface area contributed by atoms with Gasteiger partial charge in [0.15, 0.2) is 69.2 Å². The molecule has 57 heteroatoms. The van der Waals surface area contributed by atoms with Crippen LogP contribution >= 0.6 is 0 Å². The van der Waals surface area contributed by atoms with Crippen LogP contribution in [0.2, 0.25) is 0 Å². The maximum Gasteiger partial charge on any atom is 0.217 e. The van der Waals surface area contributed by atoms with Gasteiger partial charge in [-0.05, 0) is 0 Å². The van der Waals surface area contributed by atoms with E-state index in [-0.39, 0.29) is 0 Å². The molecule has 0 saturated carbocycles. The summed E-state index contributed by atoms with van der Waals surface area (Å²) in [5.74, 6) is -0.919. The lowest BCUT2D eigenvalue weighted by molar-refractivity contribution is -0.409. The van der Waals surface area contributed by atoms with Gasteiger partial charge in [0.1, 0.15) is 269 Å². The average molecular weight is 1840 g/mol. The molecule has 0 aromatic rings. The molecule has 11 rings (SSSR count). The number of ether oxygens (including phenoxy) is 21. The molecule has 11 aliphatic heterocycles. The van der Waals surface area contributed by atoms with Crippen LogP contribution in [0.3, 0.4) is 0 Å². The lowest BCUT2D eigenvalue weighted by Gasteiger charge is -2.51. The molecule has 11 heterocycles. The minimum absolute atomic E-state index is 0.919. The van der Waals surface area contributed by atoms with Gasteiger partial charge >= 0.3 is 0 Å². The molecule has 0 aliphatic carbocycles. The summed E-state index contributed by atoms with van der Waals surface area (Å²) in [7, 11) is 0. The smallest absolute Gasteiger partial charge is 0.217 e. The number of amides is 1. The van der Waals surface area contributed by atoms with Gasteiger partial charge in [-0.1, -0.05) is 0 Å². The molecule has 55 atom stereocenters. The molecule has 125 heavy (non-hydrogen) atoms. The van der Waals surface area contributed by atoms with Crippen molar-refractivity contribution >= 4 is 5.91 Å². The van der Waals surface area contributed by atoms with Crippen molar-refractivity contribution in [3.63, 3.8) is 0 Å². The number of carbonyl (C=O) groups excluding carboxylic acids is 1. The van der Waals surface area contributed by atoms with E-state index in [1.807, 2.05) is 0 Å². The van der Waals surface area contributed by atoms with Gasteiger partial charge in [-0.3, -0.25) is 4.79 Å². The number of hydrogen-bond donors (Lipinski definition) is 35. The van der Waals surface area contributed by atoms with E-state index in [0.29, 0.717) is 0 Å². The van der Waals surface area contributed by atoms with E-state index < -0.39 is 416 Å². The highest BCUT2D eigenvalue weighted by molar-refractivity contribution is 5.73. The lowest BCUT2D eigenvalue weighted by Crippen LogP contribution is -2.69. The molecule has 728 valence electrons. The Balaban J connectivity index is 0.964. The molecule has 35 N–H and O–H groups in total. The van der Waals surface area contributed by atoms with Crippen LogP contribution in [0.1, 0.15) is 6.92 Å². The fourth-order valence-corrected chi connectivity index (χ4v) is 15.9. The summed E-state index contributed by atoms with van der Waals surface area (Å²) < 4.78 is 123. The standard InChI is InChI=1S/C68H115NO56/c1-13(78)69-25-36(89)51(21(9-77)108-58(25)104)119-64-50(103)53(121-68-57(44(97)33(86)22(118-68)10-105-59-45(98)37(90)26(79)14(2-70)109-59)125-67-56(43(96)32(85)20(8-76)115-67)124-63-48(101)40(93)29(82)17(5-73)112-63)35(88)24(117-64)11-106-60-49(102)52(120-66-55(42(95)31(84)19(7-75)114-66)123-62-47(100)39(92)28(81)16(4-72)111-62)34(87)23(116-60)12-107-65-54(41(94)30(83)18(6-74)113-65)122-61-46(99)38(91)27(80)15(3-71)110-61/h14-68,70-77,79-104H,2-12H2,1H3,(H,69,78)/t14-,15-,16-,17-,18-,19-,20-,21-,22-,23-,24-,25-,26-,27-,28-,29-,30-,31-,32-,33-,34-,35-,36-,37+,38+,39+,40+,41+,42+,43+,44+,45+,46+,47+,48+,49+,50+,51-,52+,53+,54+,55+,56+,57+,58-,59+,60+,61-,62-,63-,64+,65+,66-,67-,68-/m1/s1. The number of carbonyl (C=O) groups is 1.